The molecule has 2 unspecified atom stereocenters. The van der Waals surface area contributed by atoms with E-state index in [1.807, 2.05) is 6.92 Å². The molecule has 2 atom stereocenters. The fourth-order valence-corrected chi connectivity index (χ4v) is 1.46. The third-order valence-corrected chi connectivity index (χ3v) is 3.71. The molecule has 0 aromatic carbocycles. The summed E-state index contributed by atoms with van der Waals surface area (Å²) in [5.74, 6) is -2.25. The number of aliphatic hydroxyl groups excluding tert-OH is 2. The number of hydrogen-bond donors (Lipinski definition) is 3. The van der Waals surface area contributed by atoms with E-state index in [4.69, 9.17) is 9.47 Å². The van der Waals surface area contributed by atoms with E-state index in [9.17, 15) is 24.9 Å². The van der Waals surface area contributed by atoms with Gasteiger partial charge in [0.15, 0.2) is 12.6 Å². The van der Waals surface area contributed by atoms with Gasteiger partial charge >= 0.3 is 11.9 Å². The first-order chi connectivity index (χ1) is 11.0. The number of carbonyl (C=O) groups excluding carboxylic acids is 2. The summed E-state index contributed by atoms with van der Waals surface area (Å²) in [6.45, 7) is 8.14. The summed E-state index contributed by atoms with van der Waals surface area (Å²) in [6.07, 6.45) is -2.91. The predicted octanol–water partition coefficient (Wildman–Crippen LogP) is 0.347. The van der Waals surface area contributed by atoms with Gasteiger partial charge < -0.3 is 29.5 Å². The lowest BCUT2D eigenvalue weighted by atomic mass is 9.90. The highest BCUT2D eigenvalue weighted by Crippen LogP contribution is 2.22. The van der Waals surface area contributed by atoms with Crippen molar-refractivity contribution >= 4 is 11.9 Å². The van der Waals surface area contributed by atoms with Gasteiger partial charge in [-0.1, -0.05) is 13.5 Å². The second kappa shape index (κ2) is 10.4. The van der Waals surface area contributed by atoms with E-state index in [1.54, 1.807) is 13.8 Å². The average molecular weight is 348 g/mol. The van der Waals surface area contributed by atoms with Crippen molar-refractivity contribution in [2.75, 3.05) is 20.3 Å². The average Bonchev–Trinajstić information content (AvgIpc) is 2.54. The maximum atomic E-state index is 11.9. The molecule has 0 aromatic heterocycles. The van der Waals surface area contributed by atoms with Gasteiger partial charge in [-0.2, -0.15) is 0 Å². The van der Waals surface area contributed by atoms with Crippen LogP contribution in [-0.2, 0) is 23.8 Å². The van der Waals surface area contributed by atoms with Crippen molar-refractivity contribution in [1.29, 1.82) is 0 Å². The fraction of sp³-hybridized carbons (Fsp3) is 0.750. The highest BCUT2D eigenvalue weighted by Gasteiger charge is 2.30. The summed E-state index contributed by atoms with van der Waals surface area (Å²) in [6, 6.07) is 0. The van der Waals surface area contributed by atoms with Crippen molar-refractivity contribution < 1.29 is 39.1 Å². The van der Waals surface area contributed by atoms with Crippen LogP contribution in [0.4, 0.5) is 0 Å². The Morgan fingerprint density at radius 2 is 1.75 bits per heavy atom. The van der Waals surface area contributed by atoms with Crippen LogP contribution in [0.3, 0.4) is 0 Å². The zero-order chi connectivity index (χ0) is 18.9. The van der Waals surface area contributed by atoms with Crippen LogP contribution in [0.5, 0.6) is 0 Å². The Bertz CT molecular complexity index is 430. The molecule has 3 N–H and O–H groups in total. The molecule has 0 fully saturated rings. The SMILES string of the molecule is C=C(COC(=O)CC(COC(=O)C(C)(C)CC)C(O)O)C(O)OC. The van der Waals surface area contributed by atoms with Gasteiger partial charge in [-0.15, -0.1) is 0 Å². The van der Waals surface area contributed by atoms with Crippen molar-refractivity contribution in [2.24, 2.45) is 11.3 Å². The Kier molecular flexibility index (Phi) is 9.76. The minimum Gasteiger partial charge on any atom is -0.465 e. The van der Waals surface area contributed by atoms with Crippen molar-refractivity contribution in [3.8, 4) is 0 Å². The van der Waals surface area contributed by atoms with E-state index >= 15 is 0 Å². The van der Waals surface area contributed by atoms with Gasteiger partial charge in [0.2, 0.25) is 0 Å². The zero-order valence-corrected chi connectivity index (χ0v) is 14.7. The summed E-state index contributed by atoms with van der Waals surface area (Å²) in [7, 11) is 1.27. The molecule has 0 aliphatic rings. The molecule has 0 aromatic rings. The van der Waals surface area contributed by atoms with Crippen molar-refractivity contribution in [2.45, 2.75) is 46.2 Å². The van der Waals surface area contributed by atoms with Crippen LogP contribution >= 0.6 is 0 Å². The molecule has 0 saturated carbocycles. The van der Waals surface area contributed by atoms with Gasteiger partial charge in [-0.25, -0.2) is 0 Å². The van der Waals surface area contributed by atoms with E-state index in [0.717, 1.165) is 0 Å². The number of methoxy groups -OCH3 is 1. The number of rotatable bonds is 11. The Balaban J connectivity index is 4.46. The number of esters is 2. The lowest BCUT2D eigenvalue weighted by Crippen LogP contribution is -2.33. The molecular formula is C16H28O8. The van der Waals surface area contributed by atoms with Crippen molar-refractivity contribution in [3.63, 3.8) is 0 Å². The molecule has 0 amide bonds. The summed E-state index contributed by atoms with van der Waals surface area (Å²) in [4.78, 5) is 23.6. The molecule has 0 rings (SSSR count). The first-order valence-corrected chi connectivity index (χ1v) is 7.62. The van der Waals surface area contributed by atoms with Crippen molar-refractivity contribution in [3.05, 3.63) is 12.2 Å². The van der Waals surface area contributed by atoms with Crippen molar-refractivity contribution in [1.82, 2.24) is 0 Å². The molecule has 8 heteroatoms. The quantitative estimate of drug-likeness (QED) is 0.278. The smallest absolute Gasteiger partial charge is 0.311 e. The van der Waals surface area contributed by atoms with E-state index in [2.05, 4.69) is 11.3 Å². The monoisotopic (exact) mass is 348 g/mol. The molecular weight excluding hydrogens is 320 g/mol. The van der Waals surface area contributed by atoms with Crippen LogP contribution < -0.4 is 0 Å². The molecule has 0 heterocycles. The third-order valence-electron chi connectivity index (χ3n) is 3.71. The van der Waals surface area contributed by atoms with Gasteiger partial charge in [0.1, 0.15) is 6.61 Å². The largest absolute Gasteiger partial charge is 0.465 e. The number of hydrogen-bond acceptors (Lipinski definition) is 8. The first kappa shape index (κ1) is 22.5. The lowest BCUT2D eigenvalue weighted by Gasteiger charge is -2.23. The van der Waals surface area contributed by atoms with E-state index in [-0.39, 0.29) is 25.2 Å². The molecule has 0 spiro atoms. The van der Waals surface area contributed by atoms with Gasteiger partial charge in [-0.3, -0.25) is 9.59 Å². The van der Waals surface area contributed by atoms with Gasteiger partial charge in [0.05, 0.1) is 24.4 Å². The maximum absolute atomic E-state index is 11.9. The lowest BCUT2D eigenvalue weighted by molar-refractivity contribution is -0.166. The predicted molar refractivity (Wildman–Crippen MR) is 84.5 cm³/mol. The topological polar surface area (TPSA) is 123 Å². The van der Waals surface area contributed by atoms with E-state index < -0.39 is 35.9 Å². The second-order valence-electron chi connectivity index (χ2n) is 6.12. The fourth-order valence-electron chi connectivity index (χ4n) is 1.46. The van der Waals surface area contributed by atoms with Crippen LogP contribution in [0.1, 0.15) is 33.6 Å². The molecule has 0 radical (unpaired) electrons. The summed E-state index contributed by atoms with van der Waals surface area (Å²) < 4.78 is 14.5. The molecule has 0 saturated heterocycles. The third kappa shape index (κ3) is 7.87. The van der Waals surface area contributed by atoms with E-state index in [1.165, 1.54) is 7.11 Å². The Hall–Kier alpha value is -1.48. The van der Waals surface area contributed by atoms with Crippen LogP contribution in [0.25, 0.3) is 0 Å². The van der Waals surface area contributed by atoms with Crippen LogP contribution in [0.2, 0.25) is 0 Å². The van der Waals surface area contributed by atoms with Gasteiger partial charge in [0, 0.05) is 12.7 Å². The minimum atomic E-state index is -1.84. The summed E-state index contributed by atoms with van der Waals surface area (Å²) >= 11 is 0. The normalized spacial score (nSPS) is 14.2. The molecule has 140 valence electrons. The highest BCUT2D eigenvalue weighted by atomic mass is 16.6. The van der Waals surface area contributed by atoms with Gasteiger partial charge in [-0.05, 0) is 20.3 Å². The molecule has 0 aliphatic heterocycles. The van der Waals surface area contributed by atoms with Crippen LogP contribution in [0.15, 0.2) is 12.2 Å². The molecule has 8 nitrogen and oxygen atoms in total. The number of carbonyl (C=O) groups is 2. The molecule has 24 heavy (non-hydrogen) atoms. The molecule has 0 aliphatic carbocycles. The number of ether oxygens (including phenoxy) is 3. The standard InChI is InChI=1S/C16H28O8/c1-6-16(3,4)15(21)24-9-11(13(18)19)7-12(17)23-8-10(2)14(20)22-5/h11,13-14,18-20H,2,6-9H2,1,3-5H3. The minimum absolute atomic E-state index is 0.142. The maximum Gasteiger partial charge on any atom is 0.311 e. The number of aliphatic hydroxyl groups is 3. The first-order valence-electron chi connectivity index (χ1n) is 7.62. The Labute approximate surface area is 142 Å². The summed E-state index contributed by atoms with van der Waals surface area (Å²) in [5, 5.41) is 27.9. The van der Waals surface area contributed by atoms with E-state index in [0.29, 0.717) is 6.42 Å². The Morgan fingerprint density at radius 1 is 1.17 bits per heavy atom. The van der Waals surface area contributed by atoms with Gasteiger partial charge in [0.25, 0.3) is 0 Å². The summed E-state index contributed by atoms with van der Waals surface area (Å²) in [5.41, 5.74) is -0.553. The second-order valence-corrected chi connectivity index (χ2v) is 6.12. The zero-order valence-electron chi connectivity index (χ0n) is 14.7. The Morgan fingerprint density at radius 3 is 2.21 bits per heavy atom. The van der Waals surface area contributed by atoms with Crippen LogP contribution in [-0.4, -0.2) is 60.2 Å². The molecule has 0 bridgehead atoms. The van der Waals surface area contributed by atoms with Crippen LogP contribution in [0, 0.1) is 11.3 Å². The highest BCUT2D eigenvalue weighted by molar-refractivity contribution is 5.76.